The molecule has 2 aromatic rings. The zero-order valence-electron chi connectivity index (χ0n) is 18.2. The number of hydrogen-bond donors (Lipinski definition) is 0. The molecule has 0 saturated carbocycles. The highest BCUT2D eigenvalue weighted by atomic mass is 31.2. The maximum absolute atomic E-state index is 13.1. The molecule has 9 nitrogen and oxygen atoms in total. The topological polar surface area (TPSA) is 106 Å². The molecule has 0 N–H and O–H groups in total. The molecule has 3 rings (SSSR count). The van der Waals surface area contributed by atoms with Crippen molar-refractivity contribution in [3.63, 3.8) is 0 Å². The summed E-state index contributed by atoms with van der Waals surface area (Å²) in [7, 11) is -1.59. The van der Waals surface area contributed by atoms with Crippen LogP contribution in [0.5, 0.6) is 0 Å². The third-order valence-electron chi connectivity index (χ3n) is 5.40. The van der Waals surface area contributed by atoms with E-state index in [0.717, 1.165) is 11.1 Å². The molecule has 0 bridgehead atoms. The molecule has 0 amide bonds. The molecular weight excluding hydrogens is 437 g/mol. The van der Waals surface area contributed by atoms with Gasteiger partial charge in [-0.05, 0) is 18.1 Å². The molecule has 1 aliphatic rings. The van der Waals surface area contributed by atoms with Gasteiger partial charge >= 0.3 is 7.60 Å². The van der Waals surface area contributed by atoms with Gasteiger partial charge < -0.3 is 23.3 Å². The lowest BCUT2D eigenvalue weighted by atomic mass is 9.98. The number of nitrogens with zero attached hydrogens (tertiary/aromatic N) is 1. The molecular formula is C22H28NO8P. The fourth-order valence-electron chi connectivity index (χ4n) is 3.73. The molecule has 174 valence electrons. The summed E-state index contributed by atoms with van der Waals surface area (Å²) >= 11 is 0. The molecule has 0 radical (unpaired) electrons. The second-order valence-corrected chi connectivity index (χ2v) is 9.75. The minimum absolute atomic E-state index is 0.116. The molecule has 1 fully saturated rings. The first-order valence-corrected chi connectivity index (χ1v) is 11.8. The number of rotatable bonds is 10. The van der Waals surface area contributed by atoms with Crippen LogP contribution in [0.1, 0.15) is 18.1 Å². The van der Waals surface area contributed by atoms with Gasteiger partial charge in [-0.2, -0.15) is 0 Å². The van der Waals surface area contributed by atoms with Crippen LogP contribution in [-0.2, 0) is 41.0 Å². The van der Waals surface area contributed by atoms with E-state index in [2.05, 4.69) is 0 Å². The van der Waals surface area contributed by atoms with Crippen molar-refractivity contribution >= 4 is 7.60 Å². The number of hydrogen-bond acceptors (Lipinski definition) is 8. The average Bonchev–Trinajstić information content (AvgIpc) is 2.82. The zero-order valence-corrected chi connectivity index (χ0v) is 19.1. The normalized spacial score (nSPS) is 26.0. The van der Waals surface area contributed by atoms with Crippen molar-refractivity contribution in [1.82, 2.24) is 0 Å². The smallest absolute Gasteiger partial charge is 0.365 e. The summed E-state index contributed by atoms with van der Waals surface area (Å²) in [6.07, 6.45) is -2.51. The van der Waals surface area contributed by atoms with E-state index in [1.54, 1.807) is 6.92 Å². The van der Waals surface area contributed by atoms with Crippen LogP contribution in [0.3, 0.4) is 0 Å². The first-order valence-electron chi connectivity index (χ1n) is 10.2. The maximum atomic E-state index is 13.1. The molecule has 0 unspecified atom stereocenters. The second kappa shape index (κ2) is 11.1. The fourth-order valence-corrected chi connectivity index (χ4v) is 5.29. The highest BCUT2D eigenvalue weighted by molar-refractivity contribution is 7.54. The minimum Gasteiger partial charge on any atom is -0.368 e. The van der Waals surface area contributed by atoms with Gasteiger partial charge in [0.05, 0.1) is 19.3 Å². The SMILES string of the molecule is COP(=O)(OC)[C@H]1O[C@@H](C)[C@H](OCc2ccccc2)[C@@H](OCc2ccccc2)[C@H]1[N+](=O)[O-]. The molecule has 0 aromatic heterocycles. The van der Waals surface area contributed by atoms with Crippen LogP contribution in [0.4, 0.5) is 0 Å². The molecule has 0 aliphatic carbocycles. The first-order chi connectivity index (χ1) is 15.4. The van der Waals surface area contributed by atoms with Gasteiger partial charge in [0.25, 0.3) is 6.04 Å². The van der Waals surface area contributed by atoms with Crippen LogP contribution in [0.2, 0.25) is 0 Å². The van der Waals surface area contributed by atoms with E-state index < -0.39 is 42.7 Å². The summed E-state index contributed by atoms with van der Waals surface area (Å²) in [4.78, 5) is 11.6. The van der Waals surface area contributed by atoms with Crippen LogP contribution in [0.25, 0.3) is 0 Å². The van der Waals surface area contributed by atoms with Crippen molar-refractivity contribution in [2.45, 2.75) is 50.3 Å². The largest absolute Gasteiger partial charge is 0.368 e. The van der Waals surface area contributed by atoms with E-state index in [9.17, 15) is 14.7 Å². The van der Waals surface area contributed by atoms with Crippen molar-refractivity contribution in [2.24, 2.45) is 0 Å². The Hall–Kier alpha value is -2.13. The number of ether oxygens (including phenoxy) is 3. The highest BCUT2D eigenvalue weighted by Crippen LogP contribution is 2.56. The number of nitro groups is 1. The summed E-state index contributed by atoms with van der Waals surface area (Å²) in [5.41, 5.74) is 1.74. The van der Waals surface area contributed by atoms with Crippen molar-refractivity contribution in [1.29, 1.82) is 0 Å². The van der Waals surface area contributed by atoms with Crippen molar-refractivity contribution in [3.8, 4) is 0 Å². The summed E-state index contributed by atoms with van der Waals surface area (Å²) in [6, 6.07) is 17.2. The lowest BCUT2D eigenvalue weighted by molar-refractivity contribution is -0.555. The quantitative estimate of drug-likeness (QED) is 0.294. The van der Waals surface area contributed by atoms with Crippen LogP contribution in [0.15, 0.2) is 60.7 Å². The minimum atomic E-state index is -3.94. The summed E-state index contributed by atoms with van der Waals surface area (Å²) in [5, 5.41) is 12.1. The molecule has 5 atom stereocenters. The van der Waals surface area contributed by atoms with Crippen LogP contribution in [0, 0.1) is 10.1 Å². The molecule has 32 heavy (non-hydrogen) atoms. The van der Waals surface area contributed by atoms with Crippen LogP contribution >= 0.6 is 7.60 Å². The Balaban J connectivity index is 1.91. The van der Waals surface area contributed by atoms with Gasteiger partial charge in [0, 0.05) is 19.1 Å². The lowest BCUT2D eigenvalue weighted by Crippen LogP contribution is -2.61. The van der Waals surface area contributed by atoms with E-state index >= 15 is 0 Å². The Morgan fingerprint density at radius 2 is 1.38 bits per heavy atom. The third kappa shape index (κ3) is 5.61. The predicted molar refractivity (Wildman–Crippen MR) is 117 cm³/mol. The van der Waals surface area contributed by atoms with Gasteiger partial charge in [0.1, 0.15) is 6.10 Å². The standard InChI is InChI=1S/C22H28NO8P/c1-16-20(29-14-17-10-6-4-7-11-17)21(30-15-18-12-8-5-9-13-18)19(23(24)25)22(31-16)32(26,27-2)28-3/h4-13,16,19-22H,14-15H2,1-3H3/t16-,19+,20-,21-,22+/m0/s1. The van der Waals surface area contributed by atoms with Crippen LogP contribution < -0.4 is 0 Å². The summed E-state index contributed by atoms with van der Waals surface area (Å²) in [6.45, 7) is 2.03. The zero-order chi connectivity index (χ0) is 23.1. The van der Waals surface area contributed by atoms with E-state index in [4.69, 9.17) is 23.3 Å². The lowest BCUT2D eigenvalue weighted by Gasteiger charge is -2.42. The van der Waals surface area contributed by atoms with Gasteiger partial charge in [-0.15, -0.1) is 0 Å². The van der Waals surface area contributed by atoms with Gasteiger partial charge in [-0.1, -0.05) is 60.7 Å². The van der Waals surface area contributed by atoms with Gasteiger partial charge in [-0.3, -0.25) is 14.7 Å². The predicted octanol–water partition coefficient (Wildman–Crippen LogP) is 4.03. The van der Waals surface area contributed by atoms with Gasteiger partial charge in [0.15, 0.2) is 6.10 Å². The summed E-state index contributed by atoms with van der Waals surface area (Å²) in [5.74, 6) is -1.44. The molecule has 2 aromatic carbocycles. The van der Waals surface area contributed by atoms with Crippen molar-refractivity contribution in [2.75, 3.05) is 14.2 Å². The number of benzene rings is 2. The van der Waals surface area contributed by atoms with E-state index in [1.807, 2.05) is 60.7 Å². The first kappa shape index (κ1) is 24.5. The fraction of sp³-hybridized carbons (Fsp3) is 0.455. The van der Waals surface area contributed by atoms with Crippen LogP contribution in [-0.4, -0.2) is 49.3 Å². The Kier molecular flexibility index (Phi) is 8.53. The Bertz CT molecular complexity index is 905. The van der Waals surface area contributed by atoms with Gasteiger partial charge in [-0.25, -0.2) is 0 Å². The third-order valence-corrected chi connectivity index (χ3v) is 7.47. The highest BCUT2D eigenvalue weighted by Gasteiger charge is 2.60. The monoisotopic (exact) mass is 465 g/mol. The Morgan fingerprint density at radius 1 is 0.906 bits per heavy atom. The molecule has 10 heteroatoms. The average molecular weight is 465 g/mol. The molecule has 1 aliphatic heterocycles. The molecule has 1 saturated heterocycles. The Labute approximate surface area is 187 Å². The van der Waals surface area contributed by atoms with E-state index in [0.29, 0.717) is 0 Å². The van der Waals surface area contributed by atoms with E-state index in [-0.39, 0.29) is 13.2 Å². The second-order valence-electron chi connectivity index (χ2n) is 7.44. The van der Waals surface area contributed by atoms with E-state index in [1.165, 1.54) is 14.2 Å². The maximum Gasteiger partial charge on any atom is 0.365 e. The van der Waals surface area contributed by atoms with Crippen molar-refractivity contribution in [3.05, 3.63) is 81.9 Å². The van der Waals surface area contributed by atoms with Gasteiger partial charge in [0.2, 0.25) is 5.85 Å². The molecule has 1 heterocycles. The molecule has 0 spiro atoms. The summed E-state index contributed by atoms with van der Waals surface area (Å²) < 4.78 is 41.1. The Morgan fingerprint density at radius 3 is 1.81 bits per heavy atom. The van der Waals surface area contributed by atoms with Crippen molar-refractivity contribution < 1.29 is 32.7 Å².